The van der Waals surface area contributed by atoms with Gasteiger partial charge in [0.2, 0.25) is 0 Å². The Morgan fingerprint density at radius 1 is 1.28 bits per heavy atom. The van der Waals surface area contributed by atoms with Gasteiger partial charge in [0.25, 0.3) is 0 Å². The fraction of sp³-hybridized carbons (Fsp3) is 0.400. The van der Waals surface area contributed by atoms with E-state index in [1.165, 1.54) is 11.1 Å². The van der Waals surface area contributed by atoms with Crippen molar-refractivity contribution in [2.45, 2.75) is 26.7 Å². The molecule has 2 aromatic rings. The summed E-state index contributed by atoms with van der Waals surface area (Å²) in [5.74, 6) is 0. The number of benzene rings is 1. The van der Waals surface area contributed by atoms with Crippen molar-refractivity contribution in [3.05, 3.63) is 47.8 Å². The highest BCUT2D eigenvalue weighted by Crippen LogP contribution is 2.13. The van der Waals surface area contributed by atoms with E-state index < -0.39 is 0 Å². The predicted octanol–water partition coefficient (Wildman–Crippen LogP) is 2.72. The number of aromatic nitrogens is 2. The third kappa shape index (κ3) is 3.20. The van der Waals surface area contributed by atoms with Crippen molar-refractivity contribution >= 4 is 0 Å². The number of hydrogen-bond donors (Lipinski definition) is 1. The van der Waals surface area contributed by atoms with Crippen molar-refractivity contribution in [2.75, 3.05) is 13.1 Å². The highest BCUT2D eigenvalue weighted by molar-refractivity contribution is 5.39. The Balaban J connectivity index is 2.00. The number of hydrogen-bond acceptors (Lipinski definition) is 2. The molecule has 1 heterocycles. The van der Waals surface area contributed by atoms with Crippen LogP contribution in [0, 0.1) is 6.92 Å². The van der Waals surface area contributed by atoms with E-state index >= 15 is 0 Å². The van der Waals surface area contributed by atoms with Gasteiger partial charge in [0, 0.05) is 6.20 Å². The summed E-state index contributed by atoms with van der Waals surface area (Å²) in [6.45, 7) is 6.37. The minimum Gasteiger partial charge on any atom is -0.317 e. The first kappa shape index (κ1) is 12.8. The molecule has 0 amide bonds. The van der Waals surface area contributed by atoms with Gasteiger partial charge in [0.1, 0.15) is 0 Å². The third-order valence-electron chi connectivity index (χ3n) is 3.07. The SMILES string of the molecule is CCNCCCc1cnn(-c2ccccc2C)c1. The second-order valence-electron chi connectivity index (χ2n) is 4.54. The van der Waals surface area contributed by atoms with Crippen LogP contribution in [0.4, 0.5) is 0 Å². The monoisotopic (exact) mass is 243 g/mol. The average Bonchev–Trinajstić information content (AvgIpc) is 2.84. The largest absolute Gasteiger partial charge is 0.317 e. The Labute approximate surface area is 109 Å². The van der Waals surface area contributed by atoms with E-state index in [4.69, 9.17) is 0 Å². The van der Waals surface area contributed by atoms with Crippen LogP contribution in [0.15, 0.2) is 36.7 Å². The maximum Gasteiger partial charge on any atom is 0.0674 e. The highest BCUT2D eigenvalue weighted by atomic mass is 15.3. The molecule has 0 saturated carbocycles. The predicted molar refractivity (Wildman–Crippen MR) is 75.2 cm³/mol. The fourth-order valence-corrected chi connectivity index (χ4v) is 2.04. The van der Waals surface area contributed by atoms with Crippen LogP contribution in [-0.2, 0) is 6.42 Å². The van der Waals surface area contributed by atoms with E-state index in [9.17, 15) is 0 Å². The second-order valence-corrected chi connectivity index (χ2v) is 4.54. The molecule has 0 fully saturated rings. The number of para-hydroxylation sites is 1. The summed E-state index contributed by atoms with van der Waals surface area (Å²) in [6, 6.07) is 8.32. The molecule has 2 rings (SSSR count). The van der Waals surface area contributed by atoms with Crippen molar-refractivity contribution in [1.82, 2.24) is 15.1 Å². The molecule has 0 aliphatic rings. The van der Waals surface area contributed by atoms with E-state index in [2.05, 4.69) is 54.7 Å². The van der Waals surface area contributed by atoms with E-state index in [0.717, 1.165) is 31.6 Å². The van der Waals surface area contributed by atoms with Crippen molar-refractivity contribution < 1.29 is 0 Å². The quantitative estimate of drug-likeness (QED) is 0.791. The van der Waals surface area contributed by atoms with Crippen LogP contribution in [0.25, 0.3) is 5.69 Å². The summed E-state index contributed by atoms with van der Waals surface area (Å²) in [6.07, 6.45) is 6.35. The van der Waals surface area contributed by atoms with E-state index in [0.29, 0.717) is 0 Å². The smallest absolute Gasteiger partial charge is 0.0674 e. The highest BCUT2D eigenvalue weighted by Gasteiger charge is 2.02. The molecule has 0 aliphatic heterocycles. The molecule has 3 nitrogen and oxygen atoms in total. The van der Waals surface area contributed by atoms with Gasteiger partial charge >= 0.3 is 0 Å². The molecule has 1 aromatic carbocycles. The lowest BCUT2D eigenvalue weighted by atomic mass is 10.2. The molecular formula is C15H21N3. The van der Waals surface area contributed by atoms with Crippen LogP contribution in [-0.4, -0.2) is 22.9 Å². The Hall–Kier alpha value is -1.61. The van der Waals surface area contributed by atoms with Gasteiger partial charge in [-0.2, -0.15) is 5.10 Å². The van der Waals surface area contributed by atoms with Crippen LogP contribution in [0.5, 0.6) is 0 Å². The Morgan fingerprint density at radius 3 is 2.89 bits per heavy atom. The van der Waals surface area contributed by atoms with Gasteiger partial charge in [0.15, 0.2) is 0 Å². The molecule has 1 N–H and O–H groups in total. The standard InChI is InChI=1S/C15H21N3/c1-3-16-10-6-8-14-11-17-18(12-14)15-9-5-4-7-13(15)2/h4-5,7,9,11-12,16H,3,6,8,10H2,1-2H3. The van der Waals surface area contributed by atoms with E-state index in [-0.39, 0.29) is 0 Å². The van der Waals surface area contributed by atoms with Gasteiger partial charge in [-0.25, -0.2) is 4.68 Å². The van der Waals surface area contributed by atoms with Crippen molar-refractivity contribution in [2.24, 2.45) is 0 Å². The van der Waals surface area contributed by atoms with Crippen molar-refractivity contribution in [1.29, 1.82) is 0 Å². The van der Waals surface area contributed by atoms with Crippen LogP contribution in [0.3, 0.4) is 0 Å². The fourth-order valence-electron chi connectivity index (χ4n) is 2.04. The maximum atomic E-state index is 4.44. The summed E-state index contributed by atoms with van der Waals surface area (Å²) < 4.78 is 1.97. The molecule has 0 radical (unpaired) electrons. The van der Waals surface area contributed by atoms with Gasteiger partial charge in [-0.05, 0) is 50.0 Å². The first-order valence-electron chi connectivity index (χ1n) is 6.61. The Morgan fingerprint density at radius 2 is 2.11 bits per heavy atom. The van der Waals surface area contributed by atoms with Crippen LogP contribution < -0.4 is 5.32 Å². The normalized spacial score (nSPS) is 10.8. The minimum atomic E-state index is 1.04. The zero-order chi connectivity index (χ0) is 12.8. The molecule has 0 atom stereocenters. The molecular weight excluding hydrogens is 222 g/mol. The molecule has 3 heteroatoms. The molecule has 0 aliphatic carbocycles. The summed E-state index contributed by atoms with van der Waals surface area (Å²) in [5.41, 5.74) is 3.71. The van der Waals surface area contributed by atoms with Gasteiger partial charge in [-0.1, -0.05) is 25.1 Å². The molecule has 0 saturated heterocycles. The number of aryl methyl sites for hydroxylation is 2. The van der Waals surface area contributed by atoms with Gasteiger partial charge < -0.3 is 5.32 Å². The Bertz CT molecular complexity index is 488. The van der Waals surface area contributed by atoms with Gasteiger partial charge in [0.05, 0.1) is 11.9 Å². The lowest BCUT2D eigenvalue weighted by Crippen LogP contribution is -2.14. The molecule has 96 valence electrons. The average molecular weight is 243 g/mol. The van der Waals surface area contributed by atoms with Crippen molar-refractivity contribution in [3.63, 3.8) is 0 Å². The Kier molecular flexibility index (Phi) is 4.53. The van der Waals surface area contributed by atoms with Crippen LogP contribution in [0.1, 0.15) is 24.5 Å². The number of nitrogens with one attached hydrogen (secondary N) is 1. The summed E-state index contributed by atoms with van der Waals surface area (Å²) in [7, 11) is 0. The number of rotatable bonds is 6. The van der Waals surface area contributed by atoms with E-state index in [1.807, 2.05) is 10.9 Å². The topological polar surface area (TPSA) is 29.9 Å². The summed E-state index contributed by atoms with van der Waals surface area (Å²) >= 11 is 0. The molecule has 18 heavy (non-hydrogen) atoms. The second kappa shape index (κ2) is 6.36. The van der Waals surface area contributed by atoms with Gasteiger partial charge in [-0.3, -0.25) is 0 Å². The van der Waals surface area contributed by atoms with Crippen LogP contribution in [0.2, 0.25) is 0 Å². The lowest BCUT2D eigenvalue weighted by molar-refractivity contribution is 0.672. The lowest BCUT2D eigenvalue weighted by Gasteiger charge is -2.04. The molecule has 0 unspecified atom stereocenters. The van der Waals surface area contributed by atoms with Crippen LogP contribution >= 0.6 is 0 Å². The zero-order valence-electron chi connectivity index (χ0n) is 11.2. The van der Waals surface area contributed by atoms with Gasteiger partial charge in [-0.15, -0.1) is 0 Å². The number of nitrogens with zero attached hydrogens (tertiary/aromatic N) is 2. The minimum absolute atomic E-state index is 1.04. The summed E-state index contributed by atoms with van der Waals surface area (Å²) in [5, 5.41) is 7.78. The summed E-state index contributed by atoms with van der Waals surface area (Å²) in [4.78, 5) is 0. The van der Waals surface area contributed by atoms with E-state index in [1.54, 1.807) is 0 Å². The molecule has 1 aromatic heterocycles. The first-order chi connectivity index (χ1) is 8.81. The molecule has 0 bridgehead atoms. The maximum absolute atomic E-state index is 4.44. The zero-order valence-corrected chi connectivity index (χ0v) is 11.2. The third-order valence-corrected chi connectivity index (χ3v) is 3.07. The van der Waals surface area contributed by atoms with Crippen molar-refractivity contribution in [3.8, 4) is 5.69 Å². The first-order valence-corrected chi connectivity index (χ1v) is 6.61. The molecule has 0 spiro atoms.